The maximum atomic E-state index is 12.2. The lowest BCUT2D eigenvalue weighted by Gasteiger charge is -2.21. The highest BCUT2D eigenvalue weighted by molar-refractivity contribution is 5.82. The number of rotatable bonds is 4. The average molecular weight is 264 g/mol. The number of benzene rings is 1. The molecule has 0 spiro atoms. The Labute approximate surface area is 113 Å². The van der Waals surface area contributed by atoms with E-state index in [0.717, 1.165) is 5.56 Å². The molecule has 0 aromatic heterocycles. The molecule has 19 heavy (non-hydrogen) atoms. The first kappa shape index (κ1) is 13.8. The van der Waals surface area contributed by atoms with E-state index in [-0.39, 0.29) is 23.8 Å². The summed E-state index contributed by atoms with van der Waals surface area (Å²) in [6.45, 7) is 1.11. The summed E-state index contributed by atoms with van der Waals surface area (Å²) >= 11 is 0. The monoisotopic (exact) mass is 264 g/mol. The summed E-state index contributed by atoms with van der Waals surface area (Å²) in [5.74, 6) is 0.249. The van der Waals surface area contributed by atoms with Crippen LogP contribution in [-0.2, 0) is 16.1 Å². The molecule has 1 aromatic carbocycles. The summed E-state index contributed by atoms with van der Waals surface area (Å²) in [5.41, 5.74) is 0.750. The number of methoxy groups -OCH3 is 1. The number of carbonyl (C=O) groups is 1. The third-order valence-electron chi connectivity index (χ3n) is 3.50. The zero-order valence-corrected chi connectivity index (χ0v) is 11.3. The van der Waals surface area contributed by atoms with E-state index in [2.05, 4.69) is 5.32 Å². The van der Waals surface area contributed by atoms with E-state index >= 15 is 0 Å². The molecule has 0 aliphatic carbocycles. The maximum Gasteiger partial charge on any atom is 0.239 e. The van der Waals surface area contributed by atoms with Gasteiger partial charge in [-0.15, -0.1) is 0 Å². The van der Waals surface area contributed by atoms with Gasteiger partial charge in [0.2, 0.25) is 5.91 Å². The van der Waals surface area contributed by atoms with E-state index < -0.39 is 0 Å². The summed E-state index contributed by atoms with van der Waals surface area (Å²) in [6, 6.07) is 6.87. The standard InChI is InChI=1S/C14H20N2O3/c1-16(9-10-5-3-4-6-13(10)17)14(18)12-7-11(19-2)8-15-12/h3-6,11-12,15,17H,7-9H2,1-2H3. The Morgan fingerprint density at radius 3 is 2.89 bits per heavy atom. The number of aromatic hydroxyl groups is 1. The second-order valence-electron chi connectivity index (χ2n) is 4.88. The number of phenolic OH excluding ortho intramolecular Hbond substituents is 1. The molecule has 2 N–H and O–H groups in total. The van der Waals surface area contributed by atoms with Crippen molar-refractivity contribution in [1.29, 1.82) is 0 Å². The molecule has 0 saturated carbocycles. The summed E-state index contributed by atoms with van der Waals surface area (Å²) in [6.07, 6.45) is 0.799. The van der Waals surface area contributed by atoms with Crippen LogP contribution in [0, 0.1) is 0 Å². The first-order chi connectivity index (χ1) is 9.11. The molecule has 1 amide bonds. The molecular formula is C14H20N2O3. The van der Waals surface area contributed by atoms with Gasteiger partial charge in [0.05, 0.1) is 12.1 Å². The average Bonchev–Trinajstić information content (AvgIpc) is 2.89. The Morgan fingerprint density at radius 2 is 2.26 bits per heavy atom. The van der Waals surface area contributed by atoms with E-state index in [9.17, 15) is 9.90 Å². The van der Waals surface area contributed by atoms with Gasteiger partial charge in [-0.3, -0.25) is 4.79 Å². The number of nitrogens with zero attached hydrogens (tertiary/aromatic N) is 1. The normalized spacial score (nSPS) is 22.4. The Hall–Kier alpha value is -1.59. The summed E-state index contributed by atoms with van der Waals surface area (Å²) in [7, 11) is 3.40. The predicted molar refractivity (Wildman–Crippen MR) is 71.8 cm³/mol. The summed E-state index contributed by atoms with van der Waals surface area (Å²) in [4.78, 5) is 13.9. The second-order valence-corrected chi connectivity index (χ2v) is 4.88. The highest BCUT2D eigenvalue weighted by Gasteiger charge is 2.31. The van der Waals surface area contributed by atoms with Gasteiger partial charge in [0.15, 0.2) is 0 Å². The smallest absolute Gasteiger partial charge is 0.239 e. The van der Waals surface area contributed by atoms with Crippen molar-refractivity contribution < 1.29 is 14.6 Å². The van der Waals surface area contributed by atoms with Crippen LogP contribution in [0.4, 0.5) is 0 Å². The van der Waals surface area contributed by atoms with Gasteiger partial charge >= 0.3 is 0 Å². The first-order valence-corrected chi connectivity index (χ1v) is 6.40. The Bertz CT molecular complexity index is 450. The number of para-hydroxylation sites is 1. The number of ether oxygens (including phenoxy) is 1. The molecule has 0 radical (unpaired) electrons. The van der Waals surface area contributed by atoms with E-state index in [1.807, 2.05) is 12.1 Å². The lowest BCUT2D eigenvalue weighted by molar-refractivity contribution is -0.132. The van der Waals surface area contributed by atoms with E-state index in [1.54, 1.807) is 31.2 Å². The van der Waals surface area contributed by atoms with Gasteiger partial charge < -0.3 is 20.1 Å². The van der Waals surface area contributed by atoms with Gasteiger partial charge in [-0.25, -0.2) is 0 Å². The molecule has 2 rings (SSSR count). The molecular weight excluding hydrogens is 244 g/mol. The van der Waals surface area contributed by atoms with Crippen LogP contribution in [-0.4, -0.2) is 48.8 Å². The van der Waals surface area contributed by atoms with Crippen molar-refractivity contribution in [2.75, 3.05) is 20.7 Å². The van der Waals surface area contributed by atoms with Crippen LogP contribution < -0.4 is 5.32 Å². The largest absolute Gasteiger partial charge is 0.508 e. The van der Waals surface area contributed by atoms with Gasteiger partial charge in [-0.2, -0.15) is 0 Å². The van der Waals surface area contributed by atoms with Crippen LogP contribution >= 0.6 is 0 Å². The molecule has 5 heteroatoms. The number of likely N-dealkylation sites (N-methyl/N-ethyl adjacent to an activating group) is 1. The van der Waals surface area contributed by atoms with E-state index in [1.165, 1.54) is 0 Å². The van der Waals surface area contributed by atoms with Gasteiger partial charge in [0.25, 0.3) is 0 Å². The zero-order chi connectivity index (χ0) is 13.8. The van der Waals surface area contributed by atoms with Crippen molar-refractivity contribution >= 4 is 5.91 Å². The quantitative estimate of drug-likeness (QED) is 0.841. The van der Waals surface area contributed by atoms with Gasteiger partial charge in [0, 0.05) is 32.8 Å². The van der Waals surface area contributed by atoms with Crippen molar-refractivity contribution in [2.24, 2.45) is 0 Å². The zero-order valence-electron chi connectivity index (χ0n) is 11.3. The fraction of sp³-hybridized carbons (Fsp3) is 0.500. The number of nitrogens with one attached hydrogen (secondary N) is 1. The fourth-order valence-electron chi connectivity index (χ4n) is 2.31. The van der Waals surface area contributed by atoms with Crippen LogP contribution in [0.15, 0.2) is 24.3 Å². The first-order valence-electron chi connectivity index (χ1n) is 6.40. The predicted octanol–water partition coefficient (Wildman–Crippen LogP) is 0.727. The molecule has 1 aliphatic heterocycles. The molecule has 1 heterocycles. The fourth-order valence-corrected chi connectivity index (χ4v) is 2.31. The van der Waals surface area contributed by atoms with E-state index in [4.69, 9.17) is 4.74 Å². The highest BCUT2D eigenvalue weighted by atomic mass is 16.5. The van der Waals surface area contributed by atoms with Gasteiger partial charge in [-0.1, -0.05) is 18.2 Å². The number of hydrogen-bond donors (Lipinski definition) is 2. The minimum atomic E-state index is -0.194. The third-order valence-corrected chi connectivity index (χ3v) is 3.50. The number of amides is 1. The van der Waals surface area contributed by atoms with Crippen molar-refractivity contribution in [3.05, 3.63) is 29.8 Å². The van der Waals surface area contributed by atoms with Gasteiger partial charge in [0.1, 0.15) is 5.75 Å². The number of phenols is 1. The van der Waals surface area contributed by atoms with Crippen molar-refractivity contribution in [3.63, 3.8) is 0 Å². The van der Waals surface area contributed by atoms with E-state index in [0.29, 0.717) is 19.5 Å². The van der Waals surface area contributed by atoms with Crippen molar-refractivity contribution in [2.45, 2.75) is 25.1 Å². The van der Waals surface area contributed by atoms with Crippen molar-refractivity contribution in [1.82, 2.24) is 10.2 Å². The molecule has 1 aliphatic rings. The topological polar surface area (TPSA) is 61.8 Å². The van der Waals surface area contributed by atoms with Crippen molar-refractivity contribution in [3.8, 4) is 5.75 Å². The molecule has 1 saturated heterocycles. The SMILES string of the molecule is COC1CNC(C(=O)N(C)Cc2ccccc2O)C1. The van der Waals surface area contributed by atoms with Crippen LogP contribution in [0.5, 0.6) is 5.75 Å². The maximum absolute atomic E-state index is 12.2. The second kappa shape index (κ2) is 6.04. The van der Waals surface area contributed by atoms with Gasteiger partial charge in [-0.05, 0) is 12.5 Å². The lowest BCUT2D eigenvalue weighted by atomic mass is 10.1. The molecule has 0 bridgehead atoms. The molecule has 1 fully saturated rings. The summed E-state index contributed by atoms with van der Waals surface area (Å²) < 4.78 is 5.24. The third kappa shape index (κ3) is 3.24. The Balaban J connectivity index is 1.95. The number of hydrogen-bond acceptors (Lipinski definition) is 4. The minimum Gasteiger partial charge on any atom is -0.508 e. The Morgan fingerprint density at radius 1 is 1.53 bits per heavy atom. The molecule has 1 aromatic rings. The Kier molecular flexibility index (Phi) is 4.39. The van der Waals surface area contributed by atoms with Crippen LogP contribution in [0.25, 0.3) is 0 Å². The van der Waals surface area contributed by atoms with Crippen LogP contribution in [0.1, 0.15) is 12.0 Å². The molecule has 104 valence electrons. The summed E-state index contributed by atoms with van der Waals surface area (Å²) in [5, 5.41) is 12.9. The van der Waals surface area contributed by atoms with Crippen LogP contribution in [0.3, 0.4) is 0 Å². The molecule has 5 nitrogen and oxygen atoms in total. The minimum absolute atomic E-state index is 0.0304. The number of carbonyl (C=O) groups excluding carboxylic acids is 1. The lowest BCUT2D eigenvalue weighted by Crippen LogP contribution is -2.41. The van der Waals surface area contributed by atoms with Crippen LogP contribution in [0.2, 0.25) is 0 Å². The highest BCUT2D eigenvalue weighted by Crippen LogP contribution is 2.18. The molecule has 2 atom stereocenters. The molecule has 2 unspecified atom stereocenters.